The number of aromatic nitrogens is 1. The molecule has 1 fully saturated rings. The summed E-state index contributed by atoms with van der Waals surface area (Å²) in [7, 11) is 1.83. The van der Waals surface area contributed by atoms with E-state index in [1.165, 1.54) is 5.00 Å². The SMILES string of the molecule is CN=C(NCc1coc(-c2ccccc2)n1)N1CCN(c2cccs2)CC1. The molecule has 0 bridgehead atoms. The van der Waals surface area contributed by atoms with E-state index < -0.39 is 0 Å². The van der Waals surface area contributed by atoms with E-state index in [1.807, 2.05) is 37.4 Å². The molecule has 0 spiro atoms. The second kappa shape index (κ2) is 8.26. The van der Waals surface area contributed by atoms with Gasteiger partial charge in [-0.3, -0.25) is 4.99 Å². The molecular formula is C20H23N5OS. The lowest BCUT2D eigenvalue weighted by Crippen LogP contribution is -2.52. The number of thiophene rings is 1. The van der Waals surface area contributed by atoms with E-state index in [-0.39, 0.29) is 0 Å². The Kier molecular flexibility index (Phi) is 5.39. The van der Waals surface area contributed by atoms with Crippen molar-refractivity contribution in [3.63, 3.8) is 0 Å². The van der Waals surface area contributed by atoms with Crippen LogP contribution in [0.25, 0.3) is 11.5 Å². The summed E-state index contributed by atoms with van der Waals surface area (Å²) < 4.78 is 5.61. The molecule has 1 aliphatic heterocycles. The van der Waals surface area contributed by atoms with E-state index in [9.17, 15) is 0 Å². The Hall–Kier alpha value is -2.80. The van der Waals surface area contributed by atoms with E-state index >= 15 is 0 Å². The Morgan fingerprint density at radius 2 is 1.96 bits per heavy atom. The molecule has 0 unspecified atom stereocenters. The number of anilines is 1. The van der Waals surface area contributed by atoms with Gasteiger partial charge in [0, 0.05) is 38.8 Å². The summed E-state index contributed by atoms with van der Waals surface area (Å²) in [4.78, 5) is 13.7. The van der Waals surface area contributed by atoms with Crippen LogP contribution in [0.4, 0.5) is 5.00 Å². The number of piperazine rings is 1. The Balaban J connectivity index is 1.32. The predicted octanol–water partition coefficient (Wildman–Crippen LogP) is 3.30. The molecule has 1 aliphatic rings. The molecular weight excluding hydrogens is 358 g/mol. The van der Waals surface area contributed by atoms with E-state index in [4.69, 9.17) is 4.42 Å². The number of guanidine groups is 1. The first-order valence-electron chi connectivity index (χ1n) is 9.07. The van der Waals surface area contributed by atoms with Gasteiger partial charge >= 0.3 is 0 Å². The first-order valence-corrected chi connectivity index (χ1v) is 9.95. The van der Waals surface area contributed by atoms with Crippen LogP contribution < -0.4 is 10.2 Å². The smallest absolute Gasteiger partial charge is 0.226 e. The van der Waals surface area contributed by atoms with Crippen LogP contribution in [-0.2, 0) is 6.54 Å². The van der Waals surface area contributed by atoms with Crippen LogP contribution in [0.2, 0.25) is 0 Å². The third-order valence-electron chi connectivity index (χ3n) is 4.61. The minimum absolute atomic E-state index is 0.591. The van der Waals surface area contributed by atoms with Gasteiger partial charge in [0.1, 0.15) is 6.26 Å². The zero-order chi connectivity index (χ0) is 18.5. The summed E-state index contributed by atoms with van der Waals surface area (Å²) in [5, 5.41) is 6.88. The molecule has 7 heteroatoms. The van der Waals surface area contributed by atoms with Gasteiger partial charge in [0.25, 0.3) is 0 Å². The van der Waals surface area contributed by atoms with Gasteiger partial charge in [-0.25, -0.2) is 4.98 Å². The van der Waals surface area contributed by atoms with Crippen molar-refractivity contribution >= 4 is 22.3 Å². The van der Waals surface area contributed by atoms with Crippen LogP contribution in [0.5, 0.6) is 0 Å². The van der Waals surface area contributed by atoms with Gasteiger partial charge in [0.05, 0.1) is 17.2 Å². The van der Waals surface area contributed by atoms with E-state index in [0.29, 0.717) is 12.4 Å². The van der Waals surface area contributed by atoms with Crippen LogP contribution in [0.3, 0.4) is 0 Å². The fourth-order valence-electron chi connectivity index (χ4n) is 3.19. The lowest BCUT2D eigenvalue weighted by Gasteiger charge is -2.36. The molecule has 0 aliphatic carbocycles. The van der Waals surface area contributed by atoms with Crippen molar-refractivity contribution in [1.29, 1.82) is 0 Å². The zero-order valence-electron chi connectivity index (χ0n) is 15.3. The number of hydrogen-bond acceptors (Lipinski definition) is 5. The lowest BCUT2D eigenvalue weighted by molar-refractivity contribution is 0.373. The fourth-order valence-corrected chi connectivity index (χ4v) is 3.98. The van der Waals surface area contributed by atoms with Crippen LogP contribution in [-0.4, -0.2) is 49.1 Å². The Labute approximate surface area is 163 Å². The van der Waals surface area contributed by atoms with Gasteiger partial charge in [-0.15, -0.1) is 11.3 Å². The zero-order valence-corrected chi connectivity index (χ0v) is 16.2. The molecule has 0 atom stereocenters. The largest absolute Gasteiger partial charge is 0.444 e. The van der Waals surface area contributed by atoms with Crippen molar-refractivity contribution in [3.05, 3.63) is 59.8 Å². The first-order chi connectivity index (χ1) is 13.3. The summed E-state index contributed by atoms with van der Waals surface area (Å²) in [6.45, 7) is 4.50. The molecule has 0 amide bonds. The van der Waals surface area contributed by atoms with Crippen molar-refractivity contribution in [2.75, 3.05) is 38.1 Å². The first kappa shape index (κ1) is 17.6. The molecule has 0 radical (unpaired) electrons. The Bertz CT molecular complexity index is 867. The summed E-state index contributed by atoms with van der Waals surface area (Å²) in [5.74, 6) is 1.55. The summed E-state index contributed by atoms with van der Waals surface area (Å²) >= 11 is 1.80. The molecule has 1 saturated heterocycles. The predicted molar refractivity (Wildman–Crippen MR) is 110 cm³/mol. The molecule has 3 heterocycles. The maximum atomic E-state index is 5.61. The number of nitrogens with one attached hydrogen (secondary N) is 1. The van der Waals surface area contributed by atoms with Crippen molar-refractivity contribution in [2.45, 2.75) is 6.54 Å². The van der Waals surface area contributed by atoms with Crippen molar-refractivity contribution < 1.29 is 4.42 Å². The van der Waals surface area contributed by atoms with Gasteiger partial charge in [0.15, 0.2) is 5.96 Å². The molecule has 3 aromatic rings. The highest BCUT2D eigenvalue weighted by Gasteiger charge is 2.20. The van der Waals surface area contributed by atoms with Gasteiger partial charge in [-0.1, -0.05) is 18.2 Å². The number of oxazole rings is 1. The normalized spacial score (nSPS) is 15.2. The molecule has 140 valence electrons. The van der Waals surface area contributed by atoms with Crippen LogP contribution in [0.1, 0.15) is 5.69 Å². The van der Waals surface area contributed by atoms with Crippen LogP contribution in [0.15, 0.2) is 63.5 Å². The summed E-state index contributed by atoms with van der Waals surface area (Å²) in [5.41, 5.74) is 1.85. The topological polar surface area (TPSA) is 56.9 Å². The minimum Gasteiger partial charge on any atom is -0.444 e. The monoisotopic (exact) mass is 381 g/mol. The third-order valence-corrected chi connectivity index (χ3v) is 5.54. The maximum Gasteiger partial charge on any atom is 0.226 e. The lowest BCUT2D eigenvalue weighted by atomic mass is 10.2. The maximum absolute atomic E-state index is 5.61. The number of rotatable bonds is 4. The van der Waals surface area contributed by atoms with Gasteiger partial charge in [-0.05, 0) is 29.6 Å². The quantitative estimate of drug-likeness (QED) is 0.555. The standard InChI is InChI=1S/C20H23N5OS/c1-21-20(25-11-9-24(10-12-25)18-8-5-13-27-18)22-14-17-15-26-19(23-17)16-6-3-2-4-7-16/h2-8,13,15H,9-12,14H2,1H3,(H,21,22). The number of aliphatic imine (C=N–C) groups is 1. The highest BCUT2D eigenvalue weighted by molar-refractivity contribution is 7.14. The summed E-state index contributed by atoms with van der Waals surface area (Å²) in [6, 6.07) is 14.2. The minimum atomic E-state index is 0.591. The average Bonchev–Trinajstić information content (AvgIpc) is 3.42. The molecule has 1 aromatic carbocycles. The van der Waals surface area contributed by atoms with Crippen molar-refractivity contribution in [3.8, 4) is 11.5 Å². The Morgan fingerprint density at radius 1 is 1.15 bits per heavy atom. The second-order valence-corrected chi connectivity index (χ2v) is 7.26. The average molecular weight is 382 g/mol. The number of nitrogens with zero attached hydrogens (tertiary/aromatic N) is 4. The highest BCUT2D eigenvalue weighted by Crippen LogP contribution is 2.22. The highest BCUT2D eigenvalue weighted by atomic mass is 32.1. The second-order valence-electron chi connectivity index (χ2n) is 6.34. The van der Waals surface area contributed by atoms with Crippen molar-refractivity contribution in [1.82, 2.24) is 15.2 Å². The molecule has 4 rings (SSSR count). The third kappa shape index (κ3) is 4.14. The van der Waals surface area contributed by atoms with Crippen LogP contribution >= 0.6 is 11.3 Å². The van der Waals surface area contributed by atoms with Gasteiger partial charge < -0.3 is 19.5 Å². The fraction of sp³-hybridized carbons (Fsp3) is 0.300. The van der Waals surface area contributed by atoms with Crippen LogP contribution in [0, 0.1) is 0 Å². The molecule has 1 N–H and O–H groups in total. The molecule has 27 heavy (non-hydrogen) atoms. The van der Waals surface area contributed by atoms with E-state index in [1.54, 1.807) is 17.6 Å². The molecule has 6 nitrogen and oxygen atoms in total. The Morgan fingerprint density at radius 3 is 2.67 bits per heavy atom. The number of benzene rings is 1. The molecule has 0 saturated carbocycles. The van der Waals surface area contributed by atoms with Gasteiger partial charge in [-0.2, -0.15) is 0 Å². The van der Waals surface area contributed by atoms with E-state index in [0.717, 1.165) is 43.4 Å². The van der Waals surface area contributed by atoms with E-state index in [2.05, 4.69) is 42.6 Å². The van der Waals surface area contributed by atoms with Crippen molar-refractivity contribution in [2.24, 2.45) is 4.99 Å². The van der Waals surface area contributed by atoms with Gasteiger partial charge in [0.2, 0.25) is 5.89 Å². The summed E-state index contributed by atoms with van der Waals surface area (Å²) in [6.07, 6.45) is 1.71. The molecule has 2 aromatic heterocycles. The number of hydrogen-bond donors (Lipinski definition) is 1.